The van der Waals surface area contributed by atoms with Crippen molar-refractivity contribution in [3.05, 3.63) is 29.8 Å². The number of carbonyl (C=O) groups excluding carboxylic acids is 4. The highest BCUT2D eigenvalue weighted by Crippen LogP contribution is 2.10. The molecular formula is C18H24N4O4. The van der Waals surface area contributed by atoms with Crippen molar-refractivity contribution >= 4 is 29.4 Å². The highest BCUT2D eigenvalue weighted by Gasteiger charge is 2.32. The summed E-state index contributed by atoms with van der Waals surface area (Å²) in [7, 11) is 3.11. The van der Waals surface area contributed by atoms with Crippen molar-refractivity contribution in [2.24, 2.45) is 0 Å². The number of urea groups is 1. The number of benzene rings is 1. The predicted octanol–water partition coefficient (Wildman–Crippen LogP) is 1.07. The lowest BCUT2D eigenvalue weighted by Gasteiger charge is -2.18. The molecule has 1 fully saturated rings. The van der Waals surface area contributed by atoms with Crippen LogP contribution in [-0.4, -0.2) is 72.2 Å². The number of anilines is 1. The van der Waals surface area contributed by atoms with E-state index in [0.29, 0.717) is 12.1 Å². The van der Waals surface area contributed by atoms with Crippen LogP contribution in [0.25, 0.3) is 0 Å². The molecule has 1 aliphatic rings. The number of nitrogens with zero attached hydrogens (tertiary/aromatic N) is 3. The first-order valence-corrected chi connectivity index (χ1v) is 8.44. The van der Waals surface area contributed by atoms with E-state index < -0.39 is 0 Å². The van der Waals surface area contributed by atoms with Gasteiger partial charge in [0.1, 0.15) is 6.54 Å². The van der Waals surface area contributed by atoms with Crippen LogP contribution in [0.15, 0.2) is 24.3 Å². The summed E-state index contributed by atoms with van der Waals surface area (Å²) in [5, 5.41) is 2.74. The first-order chi connectivity index (χ1) is 12.3. The molecule has 8 heteroatoms. The number of aryl methyl sites for hydroxylation is 1. The van der Waals surface area contributed by atoms with Crippen LogP contribution in [0, 0.1) is 6.92 Å². The molecule has 0 bridgehead atoms. The van der Waals surface area contributed by atoms with Crippen molar-refractivity contribution in [1.29, 1.82) is 0 Å². The van der Waals surface area contributed by atoms with Crippen LogP contribution >= 0.6 is 0 Å². The average Bonchev–Trinajstić information content (AvgIpc) is 2.82. The van der Waals surface area contributed by atoms with Crippen molar-refractivity contribution < 1.29 is 19.2 Å². The zero-order valence-electron chi connectivity index (χ0n) is 15.3. The highest BCUT2D eigenvalue weighted by atomic mass is 16.2. The Labute approximate surface area is 152 Å². The van der Waals surface area contributed by atoms with Gasteiger partial charge in [0.15, 0.2) is 0 Å². The van der Waals surface area contributed by atoms with Crippen molar-refractivity contribution in [3.63, 3.8) is 0 Å². The van der Waals surface area contributed by atoms with Crippen molar-refractivity contribution in [1.82, 2.24) is 14.7 Å². The first-order valence-electron chi connectivity index (χ1n) is 8.44. The quantitative estimate of drug-likeness (QED) is 0.737. The maximum absolute atomic E-state index is 12.1. The Morgan fingerprint density at radius 1 is 1.19 bits per heavy atom. The Hall–Kier alpha value is -2.90. The lowest BCUT2D eigenvalue weighted by molar-refractivity contribution is -0.133. The minimum absolute atomic E-state index is 0.0585. The Morgan fingerprint density at radius 2 is 1.85 bits per heavy atom. The molecule has 1 heterocycles. The summed E-state index contributed by atoms with van der Waals surface area (Å²) in [5.41, 5.74) is 1.77. The summed E-state index contributed by atoms with van der Waals surface area (Å²) < 4.78 is 0. The fraction of sp³-hybridized carbons (Fsp3) is 0.444. The summed E-state index contributed by atoms with van der Waals surface area (Å²) in [6, 6.07) is 7.05. The molecule has 0 aliphatic carbocycles. The summed E-state index contributed by atoms with van der Waals surface area (Å²) in [6.45, 7) is 2.18. The van der Waals surface area contributed by atoms with Crippen molar-refractivity contribution in [3.8, 4) is 0 Å². The zero-order chi connectivity index (χ0) is 19.3. The van der Waals surface area contributed by atoms with Gasteiger partial charge >= 0.3 is 6.03 Å². The van der Waals surface area contributed by atoms with E-state index in [1.165, 1.54) is 9.80 Å². The lowest BCUT2D eigenvalue weighted by Crippen LogP contribution is -2.36. The van der Waals surface area contributed by atoms with Gasteiger partial charge in [0, 0.05) is 32.7 Å². The van der Waals surface area contributed by atoms with E-state index in [9.17, 15) is 19.2 Å². The van der Waals surface area contributed by atoms with Crippen LogP contribution in [0.2, 0.25) is 0 Å². The van der Waals surface area contributed by atoms with Gasteiger partial charge in [-0.3, -0.25) is 19.3 Å². The lowest BCUT2D eigenvalue weighted by atomic mass is 10.2. The largest absolute Gasteiger partial charge is 0.336 e. The summed E-state index contributed by atoms with van der Waals surface area (Å²) >= 11 is 0. The van der Waals surface area contributed by atoms with Gasteiger partial charge in [-0.2, -0.15) is 0 Å². The number of amides is 5. The van der Waals surface area contributed by atoms with Gasteiger partial charge in [0.05, 0.1) is 6.54 Å². The minimum atomic E-state index is -0.340. The van der Waals surface area contributed by atoms with E-state index in [4.69, 9.17) is 0 Å². The fourth-order valence-electron chi connectivity index (χ4n) is 2.61. The third-order valence-electron chi connectivity index (χ3n) is 4.15. The molecule has 8 nitrogen and oxygen atoms in total. The van der Waals surface area contributed by atoms with Crippen molar-refractivity contribution in [2.75, 3.05) is 39.0 Å². The maximum Gasteiger partial charge on any atom is 0.326 e. The Morgan fingerprint density at radius 3 is 2.42 bits per heavy atom. The number of carbonyl (C=O) groups is 4. The number of imide groups is 1. The molecule has 26 heavy (non-hydrogen) atoms. The maximum atomic E-state index is 12.1. The van der Waals surface area contributed by atoms with E-state index in [2.05, 4.69) is 5.32 Å². The molecule has 1 aromatic carbocycles. The molecule has 1 saturated heterocycles. The molecule has 0 saturated carbocycles. The van der Waals surface area contributed by atoms with Gasteiger partial charge in [-0.25, -0.2) is 4.79 Å². The summed E-state index contributed by atoms with van der Waals surface area (Å²) in [5.74, 6) is -0.747. The Balaban J connectivity index is 1.73. The molecule has 0 atom stereocenters. The number of rotatable bonds is 7. The third kappa shape index (κ3) is 5.05. The van der Waals surface area contributed by atoms with Crippen LogP contribution in [0.3, 0.4) is 0 Å². The van der Waals surface area contributed by atoms with Gasteiger partial charge in [-0.1, -0.05) is 17.7 Å². The number of hydrogen-bond donors (Lipinski definition) is 1. The predicted molar refractivity (Wildman–Crippen MR) is 96.4 cm³/mol. The molecule has 2 rings (SSSR count). The normalized spacial score (nSPS) is 14.0. The molecule has 0 radical (unpaired) electrons. The molecule has 0 spiro atoms. The average molecular weight is 360 g/mol. The van der Waals surface area contributed by atoms with Gasteiger partial charge < -0.3 is 15.1 Å². The molecule has 5 amide bonds. The summed E-state index contributed by atoms with van der Waals surface area (Å²) in [6.07, 6.45) is 0.531. The zero-order valence-corrected chi connectivity index (χ0v) is 15.3. The van der Waals surface area contributed by atoms with Crippen molar-refractivity contribution in [2.45, 2.75) is 19.8 Å². The topological polar surface area (TPSA) is 90.0 Å². The highest BCUT2D eigenvalue weighted by molar-refractivity contribution is 6.01. The molecule has 1 aromatic rings. The van der Waals surface area contributed by atoms with Gasteiger partial charge in [-0.15, -0.1) is 0 Å². The monoisotopic (exact) mass is 360 g/mol. The molecule has 1 aliphatic heterocycles. The van der Waals surface area contributed by atoms with E-state index in [1.54, 1.807) is 26.2 Å². The van der Waals surface area contributed by atoms with Crippen LogP contribution in [-0.2, 0) is 14.4 Å². The smallest absolute Gasteiger partial charge is 0.326 e. The molecule has 140 valence electrons. The molecular weight excluding hydrogens is 336 g/mol. The van der Waals surface area contributed by atoms with E-state index >= 15 is 0 Å². The Bertz CT molecular complexity index is 702. The number of nitrogens with one attached hydrogen (secondary N) is 1. The fourth-order valence-corrected chi connectivity index (χ4v) is 2.61. The van der Waals surface area contributed by atoms with Gasteiger partial charge in [-0.05, 0) is 25.5 Å². The SMILES string of the molecule is Cc1ccc(NC(=O)CN(C)C(=O)CCCN2C(=O)CN(C)C2=O)cc1. The molecule has 0 aromatic heterocycles. The second kappa shape index (κ2) is 8.46. The minimum Gasteiger partial charge on any atom is -0.336 e. The number of likely N-dealkylation sites (N-methyl/N-ethyl adjacent to an activating group) is 2. The second-order valence-electron chi connectivity index (χ2n) is 6.45. The van der Waals surface area contributed by atoms with E-state index in [1.807, 2.05) is 19.1 Å². The second-order valence-corrected chi connectivity index (χ2v) is 6.45. The van der Waals surface area contributed by atoms with E-state index in [-0.39, 0.29) is 49.8 Å². The standard InChI is InChI=1S/C18H24N4O4/c1-13-6-8-14(9-7-13)19-15(23)11-20(2)16(24)5-4-10-22-17(25)12-21(3)18(22)26/h6-9H,4-5,10-12H2,1-3H3,(H,19,23). The van der Waals surface area contributed by atoms with Crippen LogP contribution in [0.4, 0.5) is 10.5 Å². The van der Waals surface area contributed by atoms with Crippen LogP contribution in [0.1, 0.15) is 18.4 Å². The van der Waals surface area contributed by atoms with E-state index in [0.717, 1.165) is 10.5 Å². The third-order valence-corrected chi connectivity index (χ3v) is 4.15. The molecule has 1 N–H and O–H groups in total. The van der Waals surface area contributed by atoms with Gasteiger partial charge in [0.25, 0.3) is 0 Å². The first kappa shape index (κ1) is 19.4. The Kier molecular flexibility index (Phi) is 6.32. The van der Waals surface area contributed by atoms with Gasteiger partial charge in [0.2, 0.25) is 17.7 Å². The molecule has 0 unspecified atom stereocenters. The number of hydrogen-bond acceptors (Lipinski definition) is 4. The van der Waals surface area contributed by atoms with Crippen LogP contribution in [0.5, 0.6) is 0 Å². The summed E-state index contributed by atoms with van der Waals surface area (Å²) in [4.78, 5) is 51.4. The van der Waals surface area contributed by atoms with Crippen LogP contribution < -0.4 is 5.32 Å².